The van der Waals surface area contributed by atoms with Gasteiger partial charge in [-0.2, -0.15) is 0 Å². The Morgan fingerprint density at radius 1 is 1.26 bits per heavy atom. The zero-order valence-corrected chi connectivity index (χ0v) is 11.3. The Morgan fingerprint density at radius 2 is 2.00 bits per heavy atom. The van der Waals surface area contributed by atoms with Crippen LogP contribution in [0.5, 0.6) is 11.5 Å². The number of nitrogens with two attached hydrogens (primary N) is 1. The van der Waals surface area contributed by atoms with Gasteiger partial charge in [-0.25, -0.2) is 10.8 Å². The molecule has 6 nitrogen and oxygen atoms in total. The standard InChI is InChI=1S/C13H20N4O2/c1-9(2)15-13(17-14)16-10-4-5-11-12(8-10)19-7-3-6-18-11/h4-5,8-9H,3,6-7,14H2,1-2H3,(H2,15,16,17). The predicted molar refractivity (Wildman–Crippen MR) is 75.6 cm³/mol. The number of nitrogens with one attached hydrogen (secondary N) is 2. The normalized spacial score (nSPS) is 15.1. The molecule has 2 rings (SSSR count). The molecule has 0 bridgehead atoms. The quantitative estimate of drug-likeness (QED) is 0.326. The van der Waals surface area contributed by atoms with Gasteiger partial charge in [0.2, 0.25) is 5.96 Å². The van der Waals surface area contributed by atoms with Crippen LogP contribution >= 0.6 is 0 Å². The lowest BCUT2D eigenvalue weighted by atomic mass is 10.3. The summed E-state index contributed by atoms with van der Waals surface area (Å²) in [7, 11) is 0. The Morgan fingerprint density at radius 3 is 2.68 bits per heavy atom. The number of hydrazine groups is 1. The van der Waals surface area contributed by atoms with Crippen molar-refractivity contribution in [2.75, 3.05) is 18.5 Å². The van der Waals surface area contributed by atoms with E-state index in [1.165, 1.54) is 0 Å². The van der Waals surface area contributed by atoms with Gasteiger partial charge in [0.05, 0.1) is 13.2 Å². The monoisotopic (exact) mass is 264 g/mol. The fourth-order valence-electron chi connectivity index (χ4n) is 1.74. The second-order valence-corrected chi connectivity index (χ2v) is 4.55. The number of anilines is 1. The number of hydrogen-bond donors (Lipinski definition) is 3. The Balaban J connectivity index is 2.15. The molecule has 104 valence electrons. The van der Waals surface area contributed by atoms with Crippen molar-refractivity contribution in [2.24, 2.45) is 10.8 Å². The number of benzene rings is 1. The maximum Gasteiger partial charge on any atom is 0.210 e. The summed E-state index contributed by atoms with van der Waals surface area (Å²) in [5, 5.41) is 3.11. The molecule has 0 aliphatic carbocycles. The van der Waals surface area contributed by atoms with Crippen LogP contribution in [0.4, 0.5) is 5.69 Å². The van der Waals surface area contributed by atoms with E-state index in [0.717, 1.165) is 23.6 Å². The molecule has 1 heterocycles. The number of aliphatic imine (C=N–C) groups is 1. The van der Waals surface area contributed by atoms with E-state index < -0.39 is 0 Å². The highest BCUT2D eigenvalue weighted by Crippen LogP contribution is 2.32. The third-order valence-corrected chi connectivity index (χ3v) is 2.53. The third kappa shape index (κ3) is 3.75. The van der Waals surface area contributed by atoms with E-state index >= 15 is 0 Å². The van der Waals surface area contributed by atoms with Crippen LogP contribution in [0.1, 0.15) is 20.3 Å². The summed E-state index contributed by atoms with van der Waals surface area (Å²) in [6.07, 6.45) is 0.891. The van der Waals surface area contributed by atoms with E-state index in [2.05, 4.69) is 15.7 Å². The summed E-state index contributed by atoms with van der Waals surface area (Å²) >= 11 is 0. The number of ether oxygens (including phenoxy) is 2. The summed E-state index contributed by atoms with van der Waals surface area (Å²) in [6, 6.07) is 5.82. The van der Waals surface area contributed by atoms with Crippen LogP contribution in [-0.2, 0) is 0 Å². The Bertz CT molecular complexity index is 460. The molecule has 1 aromatic carbocycles. The van der Waals surface area contributed by atoms with Crippen molar-refractivity contribution in [2.45, 2.75) is 26.3 Å². The summed E-state index contributed by atoms with van der Waals surface area (Å²) in [6.45, 7) is 5.31. The molecule has 0 aromatic heterocycles. The molecule has 1 aliphatic heterocycles. The Labute approximate surface area is 113 Å². The Hall–Kier alpha value is -1.95. The SMILES string of the molecule is CC(C)N=C(NN)Nc1ccc2c(c1)OCCCO2. The average Bonchev–Trinajstić information content (AvgIpc) is 2.62. The molecular formula is C13H20N4O2. The molecule has 0 saturated carbocycles. The van der Waals surface area contributed by atoms with Crippen molar-refractivity contribution in [3.63, 3.8) is 0 Å². The lowest BCUT2D eigenvalue weighted by Crippen LogP contribution is -2.36. The molecular weight excluding hydrogens is 244 g/mol. The molecule has 0 fully saturated rings. The van der Waals surface area contributed by atoms with Crippen molar-refractivity contribution in [1.29, 1.82) is 0 Å². The number of guanidine groups is 1. The first-order valence-corrected chi connectivity index (χ1v) is 6.40. The summed E-state index contributed by atoms with van der Waals surface area (Å²) in [4.78, 5) is 4.32. The molecule has 0 atom stereocenters. The highest BCUT2D eigenvalue weighted by Gasteiger charge is 2.11. The highest BCUT2D eigenvalue weighted by molar-refractivity contribution is 5.93. The minimum Gasteiger partial charge on any atom is -0.490 e. The van der Waals surface area contributed by atoms with Gasteiger partial charge in [0.1, 0.15) is 0 Å². The molecule has 0 amide bonds. The van der Waals surface area contributed by atoms with Gasteiger partial charge >= 0.3 is 0 Å². The van der Waals surface area contributed by atoms with Crippen molar-refractivity contribution in [1.82, 2.24) is 5.43 Å². The minimum absolute atomic E-state index is 0.152. The number of hydrogen-bond acceptors (Lipinski definition) is 4. The molecule has 0 unspecified atom stereocenters. The maximum absolute atomic E-state index is 5.63. The highest BCUT2D eigenvalue weighted by atomic mass is 16.5. The van der Waals surface area contributed by atoms with Crippen molar-refractivity contribution < 1.29 is 9.47 Å². The van der Waals surface area contributed by atoms with Gasteiger partial charge in [0.15, 0.2) is 11.5 Å². The van der Waals surface area contributed by atoms with Crippen molar-refractivity contribution in [3.8, 4) is 11.5 Å². The van der Waals surface area contributed by atoms with Crippen LogP contribution in [0.3, 0.4) is 0 Å². The maximum atomic E-state index is 5.63. The molecule has 1 aliphatic rings. The predicted octanol–water partition coefficient (Wildman–Crippen LogP) is 1.49. The van der Waals surface area contributed by atoms with Crippen LogP contribution in [0.15, 0.2) is 23.2 Å². The molecule has 1 aromatic rings. The van der Waals surface area contributed by atoms with Gasteiger partial charge in [-0.15, -0.1) is 0 Å². The molecule has 19 heavy (non-hydrogen) atoms. The van der Waals surface area contributed by atoms with Crippen LogP contribution in [-0.4, -0.2) is 25.2 Å². The van der Waals surface area contributed by atoms with Gasteiger partial charge in [-0.1, -0.05) is 0 Å². The van der Waals surface area contributed by atoms with E-state index in [1.807, 2.05) is 32.0 Å². The number of fused-ring (bicyclic) bond motifs is 1. The number of nitrogens with zero attached hydrogens (tertiary/aromatic N) is 1. The van der Waals surface area contributed by atoms with Gasteiger partial charge < -0.3 is 14.8 Å². The zero-order valence-electron chi connectivity index (χ0n) is 11.3. The van der Waals surface area contributed by atoms with Gasteiger partial charge in [-0.05, 0) is 26.0 Å². The second kappa shape index (κ2) is 6.29. The molecule has 6 heteroatoms. The first-order chi connectivity index (χ1) is 9.19. The van der Waals surface area contributed by atoms with Crippen LogP contribution in [0, 0.1) is 0 Å². The van der Waals surface area contributed by atoms with Gasteiger partial charge in [-0.3, -0.25) is 5.43 Å². The minimum atomic E-state index is 0.152. The van der Waals surface area contributed by atoms with Gasteiger partial charge in [0, 0.05) is 24.2 Å². The van der Waals surface area contributed by atoms with Crippen molar-refractivity contribution in [3.05, 3.63) is 18.2 Å². The van der Waals surface area contributed by atoms with E-state index in [0.29, 0.717) is 19.2 Å². The third-order valence-electron chi connectivity index (χ3n) is 2.53. The van der Waals surface area contributed by atoms with Crippen LogP contribution < -0.4 is 26.1 Å². The Kier molecular flexibility index (Phi) is 4.46. The van der Waals surface area contributed by atoms with E-state index in [4.69, 9.17) is 15.3 Å². The fraction of sp³-hybridized carbons (Fsp3) is 0.462. The second-order valence-electron chi connectivity index (χ2n) is 4.55. The zero-order chi connectivity index (χ0) is 13.7. The van der Waals surface area contributed by atoms with Crippen molar-refractivity contribution >= 4 is 11.6 Å². The molecule has 0 radical (unpaired) electrons. The smallest absolute Gasteiger partial charge is 0.210 e. The summed E-state index contributed by atoms with van der Waals surface area (Å²) in [5.41, 5.74) is 3.39. The van der Waals surface area contributed by atoms with Crippen LogP contribution in [0.2, 0.25) is 0 Å². The van der Waals surface area contributed by atoms with Crippen LogP contribution in [0.25, 0.3) is 0 Å². The molecule has 4 N–H and O–H groups in total. The topological polar surface area (TPSA) is 80.9 Å². The fourth-order valence-corrected chi connectivity index (χ4v) is 1.74. The first-order valence-electron chi connectivity index (χ1n) is 6.40. The molecule has 0 saturated heterocycles. The number of rotatable bonds is 2. The van der Waals surface area contributed by atoms with E-state index in [-0.39, 0.29) is 6.04 Å². The summed E-state index contributed by atoms with van der Waals surface area (Å²) < 4.78 is 11.2. The van der Waals surface area contributed by atoms with Gasteiger partial charge in [0.25, 0.3) is 0 Å². The molecule has 0 spiro atoms. The lowest BCUT2D eigenvalue weighted by molar-refractivity contribution is 0.297. The van der Waals surface area contributed by atoms with E-state index in [1.54, 1.807) is 0 Å². The largest absolute Gasteiger partial charge is 0.490 e. The first kappa shape index (κ1) is 13.5. The summed E-state index contributed by atoms with van der Waals surface area (Å²) in [5.74, 6) is 7.46. The van der Waals surface area contributed by atoms with E-state index in [9.17, 15) is 0 Å². The lowest BCUT2D eigenvalue weighted by Gasteiger charge is -2.13. The average molecular weight is 264 g/mol.